The van der Waals surface area contributed by atoms with Gasteiger partial charge >= 0.3 is 0 Å². The predicted octanol–water partition coefficient (Wildman–Crippen LogP) is 6.43. The summed E-state index contributed by atoms with van der Waals surface area (Å²) in [4.78, 5) is 17.4. The van der Waals surface area contributed by atoms with Gasteiger partial charge in [-0.25, -0.2) is 0 Å². The lowest BCUT2D eigenvalue weighted by atomic mass is 9.63. The van der Waals surface area contributed by atoms with Gasteiger partial charge in [0, 0.05) is 33.0 Å². The Hall–Kier alpha value is -2.45. The zero-order valence-corrected chi connectivity index (χ0v) is 18.3. The van der Waals surface area contributed by atoms with Crippen LogP contribution in [0.3, 0.4) is 0 Å². The zero-order chi connectivity index (χ0) is 20.7. The van der Waals surface area contributed by atoms with Crippen LogP contribution in [0.4, 0.5) is 5.69 Å². The molecule has 2 aliphatic heterocycles. The number of fused-ring (bicyclic) bond motifs is 2. The Morgan fingerprint density at radius 2 is 1.83 bits per heavy atom. The smallest absolute Gasteiger partial charge is 0.254 e. The van der Waals surface area contributed by atoms with Crippen molar-refractivity contribution < 1.29 is 4.79 Å². The maximum Gasteiger partial charge on any atom is 0.254 e. The third-order valence-corrected chi connectivity index (χ3v) is 8.29. The van der Waals surface area contributed by atoms with Crippen LogP contribution in [0.1, 0.15) is 64.7 Å². The Bertz CT molecular complexity index is 1020. The molecule has 2 heterocycles. The van der Waals surface area contributed by atoms with Crippen molar-refractivity contribution in [1.82, 2.24) is 4.90 Å². The summed E-state index contributed by atoms with van der Waals surface area (Å²) in [6.45, 7) is 2.09. The summed E-state index contributed by atoms with van der Waals surface area (Å²) in [5, 5.41) is 14.6. The third kappa shape index (κ3) is 2.93. The second-order valence-electron chi connectivity index (χ2n) is 8.73. The van der Waals surface area contributed by atoms with E-state index in [0.29, 0.717) is 0 Å². The van der Waals surface area contributed by atoms with Crippen molar-refractivity contribution >= 4 is 23.4 Å². The summed E-state index contributed by atoms with van der Waals surface area (Å²) in [7, 11) is 0. The summed E-state index contributed by atoms with van der Waals surface area (Å²) >= 11 is 1.80. The highest BCUT2D eigenvalue weighted by Gasteiger charge is 2.51. The van der Waals surface area contributed by atoms with E-state index in [0.717, 1.165) is 66.1 Å². The maximum atomic E-state index is 13.7. The number of nitriles is 1. The molecule has 5 heteroatoms. The Morgan fingerprint density at radius 1 is 1.10 bits per heavy atom. The highest BCUT2D eigenvalue weighted by atomic mass is 32.2. The predicted molar refractivity (Wildman–Crippen MR) is 121 cm³/mol. The minimum atomic E-state index is -0.455. The van der Waals surface area contributed by atoms with Crippen molar-refractivity contribution in [2.75, 3.05) is 5.32 Å². The Kier molecular flexibility index (Phi) is 4.99. The first-order chi connectivity index (χ1) is 14.7. The number of carbonyl (C=O) groups excluding carboxylic acids is 1. The molecule has 0 atom stereocenters. The molecule has 0 radical (unpaired) electrons. The number of amides is 1. The van der Waals surface area contributed by atoms with E-state index in [9.17, 15) is 10.1 Å². The number of rotatable bonds is 2. The van der Waals surface area contributed by atoms with E-state index in [-0.39, 0.29) is 5.91 Å². The number of thioether (sulfide) groups is 1. The minimum Gasteiger partial charge on any atom is -0.322 e. The first-order valence-electron chi connectivity index (χ1n) is 11.1. The lowest BCUT2D eigenvalue weighted by Gasteiger charge is -2.45. The van der Waals surface area contributed by atoms with Gasteiger partial charge in [0.2, 0.25) is 0 Å². The van der Waals surface area contributed by atoms with Crippen LogP contribution in [0.5, 0.6) is 0 Å². The molecule has 0 bridgehead atoms. The lowest BCUT2D eigenvalue weighted by Crippen LogP contribution is -2.42. The van der Waals surface area contributed by atoms with Crippen LogP contribution < -0.4 is 5.32 Å². The van der Waals surface area contributed by atoms with Crippen molar-refractivity contribution in [2.24, 2.45) is 5.41 Å². The van der Waals surface area contributed by atoms with E-state index in [4.69, 9.17) is 0 Å². The van der Waals surface area contributed by atoms with E-state index < -0.39 is 5.41 Å². The molecule has 1 aromatic rings. The highest BCUT2D eigenvalue weighted by Crippen LogP contribution is 2.60. The number of hydrogen-bond donors (Lipinski definition) is 1. The molecule has 1 amide bonds. The van der Waals surface area contributed by atoms with Gasteiger partial charge in [0.1, 0.15) is 0 Å². The van der Waals surface area contributed by atoms with Crippen molar-refractivity contribution in [3.8, 4) is 6.07 Å². The Morgan fingerprint density at radius 3 is 2.57 bits per heavy atom. The summed E-state index contributed by atoms with van der Waals surface area (Å²) in [5.41, 5.74) is 4.33. The SMILES string of the molecule is CC1=C(C(=O)Nc2ccccc2)C2(CCCCC2)C(C#N)=C2SC3=C(CCCC3)N12. The van der Waals surface area contributed by atoms with Gasteiger partial charge in [-0.2, -0.15) is 5.26 Å². The highest BCUT2D eigenvalue weighted by molar-refractivity contribution is 8.07. The van der Waals surface area contributed by atoms with Gasteiger partial charge in [0.25, 0.3) is 5.91 Å². The zero-order valence-electron chi connectivity index (χ0n) is 17.5. The largest absolute Gasteiger partial charge is 0.322 e. The number of carbonyl (C=O) groups is 1. The Balaban J connectivity index is 1.65. The molecule has 0 aromatic heterocycles. The van der Waals surface area contributed by atoms with Gasteiger partial charge in [-0.3, -0.25) is 4.79 Å². The molecule has 4 nitrogen and oxygen atoms in total. The molecule has 0 saturated heterocycles. The topological polar surface area (TPSA) is 56.1 Å². The quantitative estimate of drug-likeness (QED) is 0.602. The minimum absolute atomic E-state index is 0.0535. The van der Waals surface area contributed by atoms with Gasteiger partial charge in [0.15, 0.2) is 0 Å². The number of benzene rings is 1. The summed E-state index contributed by atoms with van der Waals surface area (Å²) < 4.78 is 0. The fraction of sp³-hybridized carbons (Fsp3) is 0.440. The fourth-order valence-electron chi connectivity index (χ4n) is 5.71. The normalized spacial score (nSPS) is 22.7. The van der Waals surface area contributed by atoms with Crippen molar-refractivity contribution in [3.05, 3.63) is 62.8 Å². The van der Waals surface area contributed by atoms with E-state index in [2.05, 4.69) is 23.2 Å². The van der Waals surface area contributed by atoms with Crippen LogP contribution in [0, 0.1) is 16.7 Å². The van der Waals surface area contributed by atoms with Crippen LogP contribution in [0.2, 0.25) is 0 Å². The molecule has 1 fully saturated rings. The molecule has 1 aromatic carbocycles. The first kappa shape index (κ1) is 19.5. The summed E-state index contributed by atoms with van der Waals surface area (Å²) in [6, 6.07) is 12.2. The van der Waals surface area contributed by atoms with Gasteiger partial charge in [-0.15, -0.1) is 0 Å². The number of nitrogens with one attached hydrogen (secondary N) is 1. The Labute approximate surface area is 182 Å². The van der Waals surface area contributed by atoms with Gasteiger partial charge < -0.3 is 10.2 Å². The van der Waals surface area contributed by atoms with Crippen molar-refractivity contribution in [2.45, 2.75) is 64.7 Å². The number of para-hydroxylation sites is 1. The van der Waals surface area contributed by atoms with Crippen LogP contribution in [0.15, 0.2) is 62.8 Å². The molecule has 1 spiro atoms. The van der Waals surface area contributed by atoms with Crippen LogP contribution in [0.25, 0.3) is 0 Å². The second-order valence-corrected chi connectivity index (χ2v) is 9.81. The van der Waals surface area contributed by atoms with Crippen molar-refractivity contribution in [3.63, 3.8) is 0 Å². The third-order valence-electron chi connectivity index (χ3n) is 7.03. The molecule has 5 rings (SSSR count). The standard InChI is InChI=1S/C25H27N3OS/c1-17-22(23(29)27-18-10-4-2-5-11-18)25(14-8-3-9-15-25)19(16-26)24-28(17)20-12-6-7-13-21(20)30-24/h2,4-5,10-11H,3,6-9,12-15H2,1H3,(H,27,29). The van der Waals surface area contributed by atoms with E-state index in [1.807, 2.05) is 30.3 Å². The molecular formula is C25H27N3OS. The van der Waals surface area contributed by atoms with Crippen LogP contribution in [-0.4, -0.2) is 10.8 Å². The molecule has 154 valence electrons. The monoisotopic (exact) mass is 417 g/mol. The summed E-state index contributed by atoms with van der Waals surface area (Å²) in [6.07, 6.45) is 9.57. The number of hydrogen-bond acceptors (Lipinski definition) is 4. The molecule has 4 aliphatic rings. The molecule has 0 unspecified atom stereocenters. The van der Waals surface area contributed by atoms with Gasteiger partial charge in [0.05, 0.1) is 16.7 Å². The average Bonchev–Trinajstić information content (AvgIpc) is 3.15. The first-order valence-corrected chi connectivity index (χ1v) is 11.9. The van der Waals surface area contributed by atoms with E-state index >= 15 is 0 Å². The average molecular weight is 418 g/mol. The fourth-order valence-corrected chi connectivity index (χ4v) is 7.18. The van der Waals surface area contributed by atoms with E-state index in [1.54, 1.807) is 11.8 Å². The molecule has 2 aliphatic carbocycles. The van der Waals surface area contributed by atoms with Crippen LogP contribution in [-0.2, 0) is 4.79 Å². The van der Waals surface area contributed by atoms with Crippen molar-refractivity contribution in [1.29, 1.82) is 5.26 Å². The molecule has 30 heavy (non-hydrogen) atoms. The number of nitrogens with zero attached hydrogens (tertiary/aromatic N) is 2. The molecule has 1 N–H and O–H groups in total. The maximum absolute atomic E-state index is 13.7. The number of anilines is 1. The molecular weight excluding hydrogens is 390 g/mol. The van der Waals surface area contributed by atoms with Gasteiger partial charge in [-0.05, 0) is 57.6 Å². The second kappa shape index (κ2) is 7.67. The number of allylic oxidation sites excluding steroid dienone is 4. The van der Waals surface area contributed by atoms with Crippen LogP contribution >= 0.6 is 11.8 Å². The molecule has 1 saturated carbocycles. The lowest BCUT2D eigenvalue weighted by molar-refractivity contribution is -0.114. The van der Waals surface area contributed by atoms with E-state index in [1.165, 1.54) is 29.9 Å². The summed E-state index contributed by atoms with van der Waals surface area (Å²) in [5.74, 6) is -0.0535. The van der Waals surface area contributed by atoms with Gasteiger partial charge in [-0.1, -0.05) is 49.2 Å².